The third-order valence-electron chi connectivity index (χ3n) is 2.60. The molecule has 9 nitrogen and oxygen atoms in total. The van der Waals surface area contributed by atoms with Gasteiger partial charge in [0, 0.05) is 19.7 Å². The Morgan fingerprint density at radius 2 is 2.10 bits per heavy atom. The zero-order valence-corrected chi connectivity index (χ0v) is 12.3. The second-order valence-electron chi connectivity index (χ2n) is 4.45. The predicted molar refractivity (Wildman–Crippen MR) is 73.5 cm³/mol. The first-order valence-corrected chi connectivity index (χ1v) is 7.25. The van der Waals surface area contributed by atoms with Crippen LogP contribution in [0.25, 0.3) is 0 Å². The molecule has 118 valence electrons. The molecular formula is C11H16N2O7S. The number of nitro benzene ring substituents is 1. The standard InChI is InChI=1S/C11H16N2O7S/c1-8-3-4-11(10(5-8)13(15)16)20-7-9(14)6-12(2)21(17,18)19/h3-5,9,14H,6-7H2,1-2H3,(H,17,18,19)/t9-/m1/s1. The molecule has 2 N–H and O–H groups in total. The van der Waals surface area contributed by atoms with E-state index >= 15 is 0 Å². The summed E-state index contributed by atoms with van der Waals surface area (Å²) < 4.78 is 35.9. The van der Waals surface area contributed by atoms with Crippen LogP contribution in [-0.2, 0) is 10.3 Å². The summed E-state index contributed by atoms with van der Waals surface area (Å²) in [6.45, 7) is 0.926. The Morgan fingerprint density at radius 3 is 2.62 bits per heavy atom. The first-order valence-electron chi connectivity index (χ1n) is 5.86. The Kier molecular flexibility index (Phi) is 5.61. The minimum Gasteiger partial charge on any atom is -0.484 e. The van der Waals surface area contributed by atoms with Crippen LogP contribution < -0.4 is 4.74 Å². The second kappa shape index (κ2) is 6.80. The van der Waals surface area contributed by atoms with Gasteiger partial charge in [-0.25, -0.2) is 0 Å². The molecule has 1 aromatic carbocycles. The smallest absolute Gasteiger partial charge is 0.335 e. The Morgan fingerprint density at radius 1 is 1.48 bits per heavy atom. The minimum atomic E-state index is -4.40. The van der Waals surface area contributed by atoms with E-state index in [4.69, 9.17) is 9.29 Å². The average molecular weight is 320 g/mol. The van der Waals surface area contributed by atoms with Crippen molar-refractivity contribution in [3.63, 3.8) is 0 Å². The molecule has 1 atom stereocenters. The van der Waals surface area contributed by atoms with Gasteiger partial charge in [-0.2, -0.15) is 12.7 Å². The van der Waals surface area contributed by atoms with Gasteiger partial charge in [-0.1, -0.05) is 6.07 Å². The van der Waals surface area contributed by atoms with E-state index in [0.29, 0.717) is 9.87 Å². The lowest BCUT2D eigenvalue weighted by atomic mass is 10.2. The zero-order chi connectivity index (χ0) is 16.2. The van der Waals surface area contributed by atoms with Crippen LogP contribution in [0.4, 0.5) is 5.69 Å². The molecule has 1 rings (SSSR count). The molecule has 0 spiro atoms. The molecule has 0 aliphatic carbocycles. The lowest BCUT2D eigenvalue weighted by Gasteiger charge is -2.17. The van der Waals surface area contributed by atoms with Crippen molar-refractivity contribution < 1.29 is 27.7 Å². The highest BCUT2D eigenvalue weighted by Crippen LogP contribution is 2.27. The van der Waals surface area contributed by atoms with Gasteiger partial charge in [0.15, 0.2) is 5.75 Å². The predicted octanol–water partition coefficient (Wildman–Crippen LogP) is 0.378. The summed E-state index contributed by atoms with van der Waals surface area (Å²) in [5.41, 5.74) is 0.436. The number of aliphatic hydroxyl groups is 1. The third kappa shape index (κ3) is 5.27. The Bertz CT molecular complexity index is 617. The molecule has 10 heteroatoms. The van der Waals surface area contributed by atoms with Gasteiger partial charge in [0.1, 0.15) is 12.7 Å². The van der Waals surface area contributed by atoms with E-state index < -0.39 is 27.9 Å². The van der Waals surface area contributed by atoms with Gasteiger partial charge >= 0.3 is 16.0 Å². The third-order valence-corrected chi connectivity index (χ3v) is 3.54. The summed E-state index contributed by atoms with van der Waals surface area (Å²) >= 11 is 0. The Balaban J connectivity index is 2.69. The minimum absolute atomic E-state index is 0.0286. The molecule has 0 unspecified atom stereocenters. The van der Waals surface area contributed by atoms with Crippen molar-refractivity contribution in [1.82, 2.24) is 4.31 Å². The average Bonchev–Trinajstić information content (AvgIpc) is 2.35. The zero-order valence-electron chi connectivity index (χ0n) is 11.5. The van der Waals surface area contributed by atoms with E-state index in [1.807, 2.05) is 0 Å². The molecule has 0 aliphatic rings. The maximum absolute atomic E-state index is 10.9. The largest absolute Gasteiger partial charge is 0.484 e. The number of aryl methyl sites for hydroxylation is 1. The number of hydrogen-bond acceptors (Lipinski definition) is 6. The molecule has 21 heavy (non-hydrogen) atoms. The van der Waals surface area contributed by atoms with Gasteiger partial charge in [-0.05, 0) is 18.6 Å². The van der Waals surface area contributed by atoms with Crippen molar-refractivity contribution in [1.29, 1.82) is 0 Å². The molecule has 0 radical (unpaired) electrons. The summed E-state index contributed by atoms with van der Waals surface area (Å²) in [7, 11) is -3.32. The van der Waals surface area contributed by atoms with Crippen LogP contribution >= 0.6 is 0 Å². The van der Waals surface area contributed by atoms with Crippen LogP contribution in [0.15, 0.2) is 18.2 Å². The van der Waals surface area contributed by atoms with Gasteiger partial charge in [0.25, 0.3) is 0 Å². The van der Waals surface area contributed by atoms with Crippen LogP contribution in [0.2, 0.25) is 0 Å². The second-order valence-corrected chi connectivity index (χ2v) is 5.97. The van der Waals surface area contributed by atoms with Crippen LogP contribution in [0, 0.1) is 17.0 Å². The number of nitrogens with zero attached hydrogens (tertiary/aromatic N) is 2. The van der Waals surface area contributed by atoms with E-state index in [9.17, 15) is 23.6 Å². The highest BCUT2D eigenvalue weighted by atomic mass is 32.2. The molecule has 0 saturated heterocycles. The topological polar surface area (TPSA) is 130 Å². The van der Waals surface area contributed by atoms with Crippen molar-refractivity contribution in [2.75, 3.05) is 20.2 Å². The maximum atomic E-state index is 10.9. The van der Waals surface area contributed by atoms with E-state index in [1.54, 1.807) is 13.0 Å². The van der Waals surface area contributed by atoms with Gasteiger partial charge < -0.3 is 9.84 Å². The van der Waals surface area contributed by atoms with Crippen LogP contribution in [0.5, 0.6) is 5.75 Å². The quantitative estimate of drug-likeness (QED) is 0.422. The number of ether oxygens (including phenoxy) is 1. The molecule has 0 bridgehead atoms. The molecule has 1 aromatic rings. The van der Waals surface area contributed by atoms with Crippen molar-refractivity contribution in [2.24, 2.45) is 0 Å². The molecule has 0 amide bonds. The molecule has 0 heterocycles. The van der Waals surface area contributed by atoms with Gasteiger partial charge in [-0.3, -0.25) is 14.7 Å². The number of likely N-dealkylation sites (N-methyl/N-ethyl adjacent to an activating group) is 1. The fourth-order valence-electron chi connectivity index (χ4n) is 1.52. The van der Waals surface area contributed by atoms with E-state index in [-0.39, 0.29) is 18.0 Å². The summed E-state index contributed by atoms with van der Waals surface area (Å²) in [5.74, 6) is -0.0286. The van der Waals surface area contributed by atoms with Crippen LogP contribution in [0.1, 0.15) is 5.56 Å². The highest BCUT2D eigenvalue weighted by Gasteiger charge is 2.20. The molecule has 0 aliphatic heterocycles. The molecule has 0 aromatic heterocycles. The Hall–Kier alpha value is -1.75. The normalized spacial score (nSPS) is 13.2. The van der Waals surface area contributed by atoms with E-state index in [2.05, 4.69) is 0 Å². The fraction of sp³-hybridized carbons (Fsp3) is 0.455. The van der Waals surface area contributed by atoms with E-state index in [1.165, 1.54) is 12.1 Å². The van der Waals surface area contributed by atoms with Gasteiger partial charge in [-0.15, -0.1) is 0 Å². The lowest BCUT2D eigenvalue weighted by molar-refractivity contribution is -0.386. The molecule has 0 saturated carbocycles. The summed E-state index contributed by atoms with van der Waals surface area (Å²) in [6.07, 6.45) is -1.25. The van der Waals surface area contributed by atoms with Crippen molar-refractivity contribution in [3.05, 3.63) is 33.9 Å². The first-order chi connectivity index (χ1) is 9.61. The van der Waals surface area contributed by atoms with Crippen molar-refractivity contribution >= 4 is 16.0 Å². The Labute approximate surface area is 121 Å². The lowest BCUT2D eigenvalue weighted by Crippen LogP contribution is -2.36. The number of benzene rings is 1. The molecule has 0 fully saturated rings. The SMILES string of the molecule is Cc1ccc(OC[C@H](O)CN(C)S(=O)(=O)O)c([N+](=O)[O-])c1. The summed E-state index contributed by atoms with van der Waals surface area (Å²) in [4.78, 5) is 10.3. The maximum Gasteiger partial charge on any atom is 0.335 e. The van der Waals surface area contributed by atoms with E-state index in [0.717, 1.165) is 7.05 Å². The van der Waals surface area contributed by atoms with Gasteiger partial charge in [0.05, 0.1) is 4.92 Å². The number of aliphatic hydroxyl groups excluding tert-OH is 1. The monoisotopic (exact) mass is 320 g/mol. The summed E-state index contributed by atoms with van der Waals surface area (Å²) in [6, 6.07) is 4.33. The first kappa shape index (κ1) is 17.3. The van der Waals surface area contributed by atoms with Crippen molar-refractivity contribution in [2.45, 2.75) is 13.0 Å². The van der Waals surface area contributed by atoms with Crippen LogP contribution in [-0.4, -0.2) is 53.6 Å². The van der Waals surface area contributed by atoms with Crippen LogP contribution in [0.3, 0.4) is 0 Å². The summed E-state index contributed by atoms with van der Waals surface area (Å²) in [5, 5.41) is 20.5. The number of rotatable bonds is 7. The fourth-order valence-corrected chi connectivity index (χ4v) is 1.88. The van der Waals surface area contributed by atoms with Crippen molar-refractivity contribution in [3.8, 4) is 5.75 Å². The molecular weight excluding hydrogens is 304 g/mol. The highest BCUT2D eigenvalue weighted by molar-refractivity contribution is 7.83. The number of nitro groups is 1. The number of hydrogen-bond donors (Lipinski definition) is 2. The van der Waals surface area contributed by atoms with Gasteiger partial charge in [0.2, 0.25) is 0 Å².